The Hall–Kier alpha value is -1.80. The Labute approximate surface area is 151 Å². The number of rotatable bonds is 7. The van der Waals surface area contributed by atoms with Gasteiger partial charge in [0.05, 0.1) is 22.4 Å². The van der Waals surface area contributed by atoms with Crippen LogP contribution in [0.4, 0.5) is 0 Å². The Morgan fingerprint density at radius 1 is 1.24 bits per heavy atom. The van der Waals surface area contributed by atoms with Gasteiger partial charge in [0.25, 0.3) is 0 Å². The van der Waals surface area contributed by atoms with Gasteiger partial charge in [0.2, 0.25) is 5.91 Å². The normalized spacial score (nSPS) is 15.1. The first kappa shape index (κ1) is 18.0. The van der Waals surface area contributed by atoms with Crippen LogP contribution >= 0.6 is 11.7 Å². The lowest BCUT2D eigenvalue weighted by Gasteiger charge is -2.13. The first-order chi connectivity index (χ1) is 12.1. The molecule has 0 fully saturated rings. The highest BCUT2D eigenvalue weighted by molar-refractivity contribution is 7.91. The summed E-state index contributed by atoms with van der Waals surface area (Å²) in [6.45, 7) is 0.566. The molecule has 0 bridgehead atoms. The zero-order valence-electron chi connectivity index (χ0n) is 13.9. The smallest absolute Gasteiger partial charge is 0.221 e. The topological polar surface area (TPSA) is 89.0 Å². The summed E-state index contributed by atoms with van der Waals surface area (Å²) in [4.78, 5) is 12.1. The number of hydrogen-bond acceptors (Lipinski definition) is 6. The Balaban J connectivity index is 1.52. The zero-order chi connectivity index (χ0) is 17.7. The molecule has 25 heavy (non-hydrogen) atoms. The standard InChI is InChI=1S/C17H21N3O3S2/c21-16(18-11-9-13-5-2-1-3-6-13)10-12-25(22,23)15-8-4-7-14-17(15)20-24-19-14/h4-5,7-8H,1-3,6,9-12H2,(H,18,21). The highest BCUT2D eigenvalue weighted by atomic mass is 32.2. The number of carbonyl (C=O) groups is 1. The predicted molar refractivity (Wildman–Crippen MR) is 98.3 cm³/mol. The largest absolute Gasteiger partial charge is 0.356 e. The maximum Gasteiger partial charge on any atom is 0.221 e. The fraction of sp³-hybridized carbons (Fsp3) is 0.471. The highest BCUT2D eigenvalue weighted by Crippen LogP contribution is 2.22. The van der Waals surface area contributed by atoms with Crippen molar-refractivity contribution in [3.8, 4) is 0 Å². The van der Waals surface area contributed by atoms with E-state index in [0.717, 1.165) is 31.0 Å². The number of sulfone groups is 1. The fourth-order valence-electron chi connectivity index (χ4n) is 2.95. The van der Waals surface area contributed by atoms with Gasteiger partial charge in [0.15, 0.2) is 9.84 Å². The lowest BCUT2D eigenvalue weighted by molar-refractivity contribution is -0.120. The minimum Gasteiger partial charge on any atom is -0.356 e. The van der Waals surface area contributed by atoms with E-state index >= 15 is 0 Å². The molecule has 1 aromatic carbocycles. The number of carbonyl (C=O) groups excluding carboxylic acids is 1. The molecule has 0 radical (unpaired) electrons. The number of aromatic nitrogens is 2. The molecular weight excluding hydrogens is 358 g/mol. The van der Waals surface area contributed by atoms with Gasteiger partial charge >= 0.3 is 0 Å². The maximum atomic E-state index is 12.5. The average molecular weight is 380 g/mol. The number of nitrogens with one attached hydrogen (secondary N) is 1. The number of benzene rings is 1. The SMILES string of the molecule is O=C(CCS(=O)(=O)c1cccc2nsnc12)NCCC1=CCCCC1. The molecule has 0 saturated heterocycles. The number of fused-ring (bicyclic) bond motifs is 1. The third-order valence-corrected chi connectivity index (χ3v) is 6.62. The van der Waals surface area contributed by atoms with Crippen molar-refractivity contribution in [2.24, 2.45) is 0 Å². The summed E-state index contributed by atoms with van der Waals surface area (Å²) < 4.78 is 33.1. The molecule has 1 heterocycles. The van der Waals surface area contributed by atoms with Gasteiger partial charge in [0, 0.05) is 13.0 Å². The van der Waals surface area contributed by atoms with Crippen LogP contribution in [0.1, 0.15) is 38.5 Å². The van der Waals surface area contributed by atoms with E-state index in [9.17, 15) is 13.2 Å². The lowest BCUT2D eigenvalue weighted by Crippen LogP contribution is -2.27. The molecule has 8 heteroatoms. The molecule has 1 aromatic heterocycles. The lowest BCUT2D eigenvalue weighted by atomic mass is 9.97. The molecule has 1 aliphatic rings. The summed E-state index contributed by atoms with van der Waals surface area (Å²) in [5.74, 6) is -0.457. The van der Waals surface area contributed by atoms with Crippen molar-refractivity contribution in [3.63, 3.8) is 0 Å². The molecule has 1 N–H and O–H groups in total. The van der Waals surface area contributed by atoms with Crippen LogP contribution in [0.15, 0.2) is 34.7 Å². The second-order valence-corrected chi connectivity index (χ2v) is 8.77. The average Bonchev–Trinajstić information content (AvgIpc) is 3.09. The maximum absolute atomic E-state index is 12.5. The van der Waals surface area contributed by atoms with Crippen LogP contribution in [0.2, 0.25) is 0 Å². The van der Waals surface area contributed by atoms with Crippen LogP contribution in [0.25, 0.3) is 11.0 Å². The zero-order valence-corrected chi connectivity index (χ0v) is 15.5. The van der Waals surface area contributed by atoms with E-state index in [1.54, 1.807) is 12.1 Å². The molecule has 1 amide bonds. The first-order valence-corrected chi connectivity index (χ1v) is 10.8. The fourth-order valence-corrected chi connectivity index (χ4v) is 4.96. The van der Waals surface area contributed by atoms with Crippen LogP contribution in [-0.2, 0) is 14.6 Å². The molecule has 6 nitrogen and oxygen atoms in total. The van der Waals surface area contributed by atoms with Gasteiger partial charge in [-0.25, -0.2) is 8.42 Å². The van der Waals surface area contributed by atoms with Gasteiger partial charge in [0.1, 0.15) is 11.0 Å². The second-order valence-electron chi connectivity index (χ2n) is 6.17. The molecular formula is C17H21N3O3S2. The van der Waals surface area contributed by atoms with Gasteiger partial charge in [-0.2, -0.15) is 8.75 Å². The van der Waals surface area contributed by atoms with E-state index in [0.29, 0.717) is 17.6 Å². The molecule has 0 aliphatic heterocycles. The molecule has 1 aliphatic carbocycles. The number of amides is 1. The van der Waals surface area contributed by atoms with E-state index in [2.05, 4.69) is 20.1 Å². The second kappa shape index (κ2) is 8.05. The van der Waals surface area contributed by atoms with Gasteiger partial charge in [-0.1, -0.05) is 17.7 Å². The Morgan fingerprint density at radius 3 is 2.92 bits per heavy atom. The van der Waals surface area contributed by atoms with Gasteiger partial charge in [-0.05, 0) is 44.2 Å². The van der Waals surface area contributed by atoms with Crippen molar-refractivity contribution in [2.75, 3.05) is 12.3 Å². The summed E-state index contributed by atoms with van der Waals surface area (Å²) in [5.41, 5.74) is 2.34. The number of nitrogens with zero attached hydrogens (tertiary/aromatic N) is 2. The molecule has 2 aromatic rings. The molecule has 134 valence electrons. The van der Waals surface area contributed by atoms with E-state index in [1.807, 2.05) is 0 Å². The van der Waals surface area contributed by atoms with Gasteiger partial charge in [-0.15, -0.1) is 0 Å². The summed E-state index contributed by atoms with van der Waals surface area (Å²) in [6.07, 6.45) is 7.75. The highest BCUT2D eigenvalue weighted by Gasteiger charge is 2.20. The first-order valence-electron chi connectivity index (χ1n) is 8.45. The van der Waals surface area contributed by atoms with Crippen LogP contribution in [0.5, 0.6) is 0 Å². The van der Waals surface area contributed by atoms with Crippen LogP contribution in [0.3, 0.4) is 0 Å². The third kappa shape index (κ3) is 4.64. The Kier molecular flexibility index (Phi) is 5.80. The summed E-state index contributed by atoms with van der Waals surface area (Å²) in [6, 6.07) is 4.89. The minimum absolute atomic E-state index is 0.0463. The summed E-state index contributed by atoms with van der Waals surface area (Å²) >= 11 is 0.983. The third-order valence-electron chi connectivity index (χ3n) is 4.34. The molecule has 0 saturated carbocycles. The Morgan fingerprint density at radius 2 is 2.12 bits per heavy atom. The van der Waals surface area contributed by atoms with E-state index in [-0.39, 0.29) is 23.0 Å². The molecule has 0 atom stereocenters. The predicted octanol–water partition coefficient (Wildman–Crippen LogP) is 2.86. The summed E-state index contributed by atoms with van der Waals surface area (Å²) in [7, 11) is -3.57. The summed E-state index contributed by atoms with van der Waals surface area (Å²) in [5, 5.41) is 2.82. The van der Waals surface area contributed by atoms with E-state index in [4.69, 9.17) is 0 Å². The molecule has 3 rings (SSSR count). The number of allylic oxidation sites excluding steroid dienone is 1. The van der Waals surface area contributed by atoms with Crippen LogP contribution < -0.4 is 5.32 Å². The van der Waals surface area contributed by atoms with Crippen molar-refractivity contribution in [2.45, 2.75) is 43.4 Å². The van der Waals surface area contributed by atoms with E-state index in [1.165, 1.54) is 24.5 Å². The molecule has 0 spiro atoms. The Bertz CT molecular complexity index is 887. The minimum atomic E-state index is -3.57. The van der Waals surface area contributed by atoms with E-state index < -0.39 is 9.84 Å². The van der Waals surface area contributed by atoms with Crippen molar-refractivity contribution >= 4 is 38.5 Å². The number of hydrogen-bond donors (Lipinski definition) is 1. The quantitative estimate of drug-likeness (QED) is 0.747. The van der Waals surface area contributed by atoms with Crippen LogP contribution in [0, 0.1) is 0 Å². The van der Waals surface area contributed by atoms with Crippen molar-refractivity contribution in [3.05, 3.63) is 29.8 Å². The van der Waals surface area contributed by atoms with Crippen molar-refractivity contribution in [1.29, 1.82) is 0 Å². The monoisotopic (exact) mass is 379 g/mol. The van der Waals surface area contributed by atoms with Crippen LogP contribution in [-0.4, -0.2) is 35.4 Å². The van der Waals surface area contributed by atoms with Gasteiger partial charge in [-0.3, -0.25) is 4.79 Å². The van der Waals surface area contributed by atoms with Crippen molar-refractivity contribution < 1.29 is 13.2 Å². The molecule has 0 unspecified atom stereocenters. The van der Waals surface area contributed by atoms with Crippen molar-refractivity contribution in [1.82, 2.24) is 14.1 Å². The van der Waals surface area contributed by atoms with Gasteiger partial charge < -0.3 is 5.32 Å².